The third-order valence-corrected chi connectivity index (χ3v) is 4.19. The van der Waals surface area contributed by atoms with Crippen LogP contribution in [-0.4, -0.2) is 43.7 Å². The number of carbonyl (C=O) groups is 1. The zero-order valence-corrected chi connectivity index (χ0v) is 13.5. The topological polar surface area (TPSA) is 54.7 Å². The molecular formula is C17H19ClN2O3. The van der Waals surface area contributed by atoms with Gasteiger partial charge in [-0.05, 0) is 29.8 Å². The van der Waals surface area contributed by atoms with Gasteiger partial charge in [-0.25, -0.2) is 0 Å². The fourth-order valence-electron chi connectivity index (χ4n) is 2.72. The first kappa shape index (κ1) is 16.1. The maximum absolute atomic E-state index is 12.1. The minimum Gasteiger partial charge on any atom is -0.459 e. The lowest BCUT2D eigenvalue weighted by Gasteiger charge is -2.34. The van der Waals surface area contributed by atoms with Crippen LogP contribution >= 0.6 is 11.6 Å². The molecule has 3 rings (SSSR count). The summed E-state index contributed by atoms with van der Waals surface area (Å²) in [5.41, 5.74) is 1.12. The normalized spacial score (nSPS) is 16.9. The molecule has 1 aliphatic heterocycles. The molecule has 1 aliphatic rings. The van der Waals surface area contributed by atoms with Crippen LogP contribution < -0.4 is 5.32 Å². The van der Waals surface area contributed by atoms with E-state index in [1.807, 2.05) is 24.3 Å². The van der Waals surface area contributed by atoms with Crippen LogP contribution in [0.15, 0.2) is 47.1 Å². The third-order valence-electron chi connectivity index (χ3n) is 3.94. The van der Waals surface area contributed by atoms with Gasteiger partial charge in [-0.15, -0.1) is 0 Å². The van der Waals surface area contributed by atoms with E-state index in [4.69, 9.17) is 20.8 Å². The second-order valence-corrected chi connectivity index (χ2v) is 5.84. The molecule has 1 saturated heterocycles. The van der Waals surface area contributed by atoms with E-state index in [1.165, 1.54) is 6.26 Å². The van der Waals surface area contributed by atoms with Crippen molar-refractivity contribution in [2.24, 2.45) is 0 Å². The molecule has 23 heavy (non-hydrogen) atoms. The number of benzene rings is 1. The molecular weight excluding hydrogens is 316 g/mol. The molecule has 0 unspecified atom stereocenters. The molecule has 6 heteroatoms. The van der Waals surface area contributed by atoms with Gasteiger partial charge < -0.3 is 14.5 Å². The summed E-state index contributed by atoms with van der Waals surface area (Å²) < 4.78 is 10.6. The molecule has 2 aromatic rings. The smallest absolute Gasteiger partial charge is 0.287 e. The average Bonchev–Trinajstić information content (AvgIpc) is 3.12. The lowest BCUT2D eigenvalue weighted by Crippen LogP contribution is -2.43. The number of nitrogens with one attached hydrogen (secondary N) is 1. The van der Waals surface area contributed by atoms with Gasteiger partial charge in [0.05, 0.1) is 25.5 Å². The Balaban J connectivity index is 1.72. The Morgan fingerprint density at radius 1 is 1.22 bits per heavy atom. The molecule has 5 nitrogen and oxygen atoms in total. The van der Waals surface area contributed by atoms with E-state index in [0.29, 0.717) is 30.5 Å². The van der Waals surface area contributed by atoms with Crippen LogP contribution in [0.3, 0.4) is 0 Å². The van der Waals surface area contributed by atoms with Crippen molar-refractivity contribution in [2.75, 3.05) is 32.8 Å². The molecule has 1 atom stereocenters. The van der Waals surface area contributed by atoms with Gasteiger partial charge in [0.25, 0.3) is 5.91 Å². The van der Waals surface area contributed by atoms with Crippen molar-refractivity contribution in [1.29, 1.82) is 0 Å². The first-order valence-corrected chi connectivity index (χ1v) is 8.01. The van der Waals surface area contributed by atoms with Crippen LogP contribution in [0, 0.1) is 0 Å². The highest BCUT2D eigenvalue weighted by molar-refractivity contribution is 6.30. The van der Waals surface area contributed by atoms with Gasteiger partial charge in [0.15, 0.2) is 5.76 Å². The predicted molar refractivity (Wildman–Crippen MR) is 87.6 cm³/mol. The Kier molecular flexibility index (Phi) is 5.33. The minimum absolute atomic E-state index is 0.0788. The van der Waals surface area contributed by atoms with Gasteiger partial charge in [0.1, 0.15) is 0 Å². The summed E-state index contributed by atoms with van der Waals surface area (Å²) in [6.45, 7) is 3.58. The monoisotopic (exact) mass is 334 g/mol. The highest BCUT2D eigenvalue weighted by Crippen LogP contribution is 2.23. The van der Waals surface area contributed by atoms with E-state index in [9.17, 15) is 4.79 Å². The zero-order valence-electron chi connectivity index (χ0n) is 12.7. The second-order valence-electron chi connectivity index (χ2n) is 5.40. The minimum atomic E-state index is -0.206. The Hall–Kier alpha value is -1.82. The average molecular weight is 335 g/mol. The van der Waals surface area contributed by atoms with Crippen molar-refractivity contribution in [3.63, 3.8) is 0 Å². The quantitative estimate of drug-likeness (QED) is 0.913. The molecule has 0 aliphatic carbocycles. The van der Waals surface area contributed by atoms with E-state index in [0.717, 1.165) is 18.7 Å². The van der Waals surface area contributed by atoms with E-state index in [-0.39, 0.29) is 11.9 Å². The van der Waals surface area contributed by atoms with Gasteiger partial charge in [0.2, 0.25) is 0 Å². The fourth-order valence-corrected chi connectivity index (χ4v) is 2.84. The van der Waals surface area contributed by atoms with Crippen LogP contribution in [0.4, 0.5) is 0 Å². The number of halogens is 1. The summed E-state index contributed by atoms with van der Waals surface area (Å²) in [6.07, 6.45) is 1.49. The number of amides is 1. The van der Waals surface area contributed by atoms with Crippen molar-refractivity contribution in [3.8, 4) is 0 Å². The third kappa shape index (κ3) is 4.13. The molecule has 0 spiro atoms. The molecule has 2 heterocycles. The van der Waals surface area contributed by atoms with Crippen LogP contribution in [0.1, 0.15) is 22.2 Å². The van der Waals surface area contributed by atoms with E-state index in [2.05, 4.69) is 10.2 Å². The summed E-state index contributed by atoms with van der Waals surface area (Å²) in [5, 5.41) is 3.65. The summed E-state index contributed by atoms with van der Waals surface area (Å²) in [7, 11) is 0. The number of ether oxygens (including phenoxy) is 1. The Bertz CT molecular complexity index is 622. The first-order valence-electron chi connectivity index (χ1n) is 7.63. The van der Waals surface area contributed by atoms with Gasteiger partial charge in [-0.1, -0.05) is 23.7 Å². The highest BCUT2D eigenvalue weighted by atomic mass is 35.5. The molecule has 122 valence electrons. The van der Waals surface area contributed by atoms with Crippen molar-refractivity contribution < 1.29 is 13.9 Å². The molecule has 0 radical (unpaired) electrons. The number of hydrogen-bond donors (Lipinski definition) is 1. The molecule has 1 aromatic carbocycles. The lowest BCUT2D eigenvalue weighted by atomic mass is 10.0. The van der Waals surface area contributed by atoms with Gasteiger partial charge >= 0.3 is 0 Å². The zero-order chi connectivity index (χ0) is 16.1. The van der Waals surface area contributed by atoms with E-state index >= 15 is 0 Å². The summed E-state index contributed by atoms with van der Waals surface area (Å²) in [6, 6.07) is 11.2. The second kappa shape index (κ2) is 7.64. The number of nitrogens with zero attached hydrogens (tertiary/aromatic N) is 1. The number of hydrogen-bond acceptors (Lipinski definition) is 4. The largest absolute Gasteiger partial charge is 0.459 e. The SMILES string of the molecule is O=C(NC[C@@H](c1ccc(Cl)cc1)N1CCOCC1)c1ccco1. The molecule has 1 amide bonds. The van der Waals surface area contributed by atoms with Crippen LogP contribution in [0.5, 0.6) is 0 Å². The Morgan fingerprint density at radius 3 is 2.61 bits per heavy atom. The molecule has 1 fully saturated rings. The van der Waals surface area contributed by atoms with E-state index in [1.54, 1.807) is 12.1 Å². The van der Waals surface area contributed by atoms with Gasteiger partial charge in [-0.2, -0.15) is 0 Å². The lowest BCUT2D eigenvalue weighted by molar-refractivity contribution is 0.0161. The number of furan rings is 1. The first-order chi connectivity index (χ1) is 11.2. The Labute approximate surface area is 140 Å². The molecule has 1 aromatic heterocycles. The molecule has 0 saturated carbocycles. The summed E-state index contributed by atoms with van der Waals surface area (Å²) >= 11 is 5.98. The van der Waals surface area contributed by atoms with Crippen LogP contribution in [0.2, 0.25) is 5.02 Å². The summed E-state index contributed by atoms with van der Waals surface area (Å²) in [5.74, 6) is 0.115. The molecule has 0 bridgehead atoms. The molecule has 1 N–H and O–H groups in total. The maximum atomic E-state index is 12.1. The van der Waals surface area contributed by atoms with Crippen molar-refractivity contribution >= 4 is 17.5 Å². The van der Waals surface area contributed by atoms with Gasteiger partial charge in [0, 0.05) is 24.7 Å². The number of carbonyl (C=O) groups excluding carboxylic acids is 1. The maximum Gasteiger partial charge on any atom is 0.287 e. The standard InChI is InChI=1S/C17H19ClN2O3/c18-14-5-3-13(4-6-14)15(20-7-10-22-11-8-20)12-19-17(21)16-2-1-9-23-16/h1-6,9,15H,7-8,10-12H2,(H,19,21)/t15-/m0/s1. The highest BCUT2D eigenvalue weighted by Gasteiger charge is 2.23. The van der Waals surface area contributed by atoms with Crippen molar-refractivity contribution in [3.05, 3.63) is 59.0 Å². The van der Waals surface area contributed by atoms with Crippen molar-refractivity contribution in [1.82, 2.24) is 10.2 Å². The van der Waals surface area contributed by atoms with Crippen molar-refractivity contribution in [2.45, 2.75) is 6.04 Å². The van der Waals surface area contributed by atoms with Gasteiger partial charge in [-0.3, -0.25) is 9.69 Å². The van der Waals surface area contributed by atoms with Crippen LogP contribution in [-0.2, 0) is 4.74 Å². The summed E-state index contributed by atoms with van der Waals surface area (Å²) in [4.78, 5) is 14.4. The number of rotatable bonds is 5. The van der Waals surface area contributed by atoms with E-state index < -0.39 is 0 Å². The number of morpholine rings is 1. The fraction of sp³-hybridized carbons (Fsp3) is 0.353. The Morgan fingerprint density at radius 2 is 1.96 bits per heavy atom. The predicted octanol–water partition coefficient (Wildman–Crippen LogP) is 2.74. The van der Waals surface area contributed by atoms with Crippen LogP contribution in [0.25, 0.3) is 0 Å².